The number of carbonyl (C=O) groups excluding carboxylic acids is 2. The Labute approximate surface area is 252 Å². The van der Waals surface area contributed by atoms with Crippen LogP contribution in [0.3, 0.4) is 0 Å². The van der Waals surface area contributed by atoms with E-state index in [9.17, 15) is 38.1 Å². The van der Waals surface area contributed by atoms with Gasteiger partial charge in [-0.3, -0.25) is 14.5 Å². The fourth-order valence-corrected chi connectivity index (χ4v) is 7.38. The number of hydrogen-bond donors (Lipinski definition) is 5. The van der Waals surface area contributed by atoms with E-state index in [1.807, 2.05) is 37.3 Å². The van der Waals surface area contributed by atoms with Crippen LogP contribution >= 0.6 is 0 Å². The molecule has 0 aromatic heterocycles. The molecule has 1 fully saturated rings. The Morgan fingerprint density at radius 2 is 1.86 bits per heavy atom. The normalized spacial score (nSPS) is 25.9. The third kappa shape index (κ3) is 4.94. The van der Waals surface area contributed by atoms with Gasteiger partial charge >= 0.3 is 6.18 Å². The molecule has 0 bridgehead atoms. The number of aliphatic hydroxyl groups is 2. The molecule has 0 spiro atoms. The number of fused-ring (bicyclic) bond motifs is 3. The standard InChI is InChI=1S/C32H36F3N3O6/c1-15(16-8-6-5-7-9-16)37-14-18-12-22(39)24-19(25(18)32(33,34)35)10-17-11-21-26(38(2)3)27(40)20(30(36)43)13-31(21,44-4)29(42)23(17)28(24)41/h5-9,12,15,17,21,26,37,39-41H,10-11,13-14H2,1-4H3,(H2,36,43)/t15?,17-,21-,26-,31-/m0/s1. The van der Waals surface area contributed by atoms with Crippen LogP contribution in [0.5, 0.6) is 5.75 Å². The molecule has 0 radical (unpaired) electrons. The molecular formula is C32H36F3N3O6. The van der Waals surface area contributed by atoms with Crippen molar-refractivity contribution in [2.75, 3.05) is 21.2 Å². The molecule has 2 aromatic carbocycles. The van der Waals surface area contributed by atoms with Crippen molar-refractivity contribution in [1.82, 2.24) is 10.2 Å². The van der Waals surface area contributed by atoms with E-state index in [0.29, 0.717) is 0 Å². The summed E-state index contributed by atoms with van der Waals surface area (Å²) in [5, 5.41) is 36.6. The van der Waals surface area contributed by atoms with Crippen molar-refractivity contribution in [3.8, 4) is 5.75 Å². The van der Waals surface area contributed by atoms with E-state index in [0.717, 1.165) is 11.6 Å². The zero-order valence-corrected chi connectivity index (χ0v) is 24.8. The third-order valence-corrected chi connectivity index (χ3v) is 9.42. The highest BCUT2D eigenvalue weighted by Gasteiger charge is 2.61. The summed E-state index contributed by atoms with van der Waals surface area (Å²) in [5.74, 6) is -5.01. The largest absolute Gasteiger partial charge is 0.510 e. The molecule has 1 unspecified atom stereocenters. The fourth-order valence-electron chi connectivity index (χ4n) is 7.38. The molecule has 2 aromatic rings. The van der Waals surface area contributed by atoms with E-state index < -0.39 is 64.0 Å². The number of alkyl halides is 3. The van der Waals surface area contributed by atoms with Gasteiger partial charge in [-0.15, -0.1) is 0 Å². The van der Waals surface area contributed by atoms with Crippen molar-refractivity contribution in [2.45, 2.75) is 56.6 Å². The number of aliphatic hydroxyl groups excluding tert-OH is 2. The summed E-state index contributed by atoms with van der Waals surface area (Å²) in [4.78, 5) is 28.1. The lowest BCUT2D eigenvalue weighted by Gasteiger charge is -2.53. The van der Waals surface area contributed by atoms with Crippen LogP contribution < -0.4 is 11.1 Å². The van der Waals surface area contributed by atoms with Gasteiger partial charge < -0.3 is 31.1 Å². The minimum absolute atomic E-state index is 0.0446. The molecule has 5 rings (SSSR count). The zero-order valence-electron chi connectivity index (χ0n) is 24.8. The van der Waals surface area contributed by atoms with E-state index in [1.54, 1.807) is 19.0 Å². The smallest absolute Gasteiger partial charge is 0.417 e. The number of rotatable bonds is 7. The number of phenols is 1. The number of amides is 1. The first-order valence-electron chi connectivity index (χ1n) is 14.3. The molecule has 3 aliphatic rings. The number of Topliss-reactive ketones (excluding diaryl/α,β-unsaturated/α-hetero) is 1. The first kappa shape index (κ1) is 31.6. The minimum Gasteiger partial charge on any atom is -0.510 e. The number of methoxy groups -OCH3 is 1. The number of ketones is 1. The molecule has 12 heteroatoms. The Balaban J connectivity index is 1.63. The number of phenolic OH excluding ortho intramolecular Hbond substituents is 1. The molecule has 44 heavy (non-hydrogen) atoms. The van der Waals surface area contributed by atoms with Crippen molar-refractivity contribution < 1.29 is 42.8 Å². The van der Waals surface area contributed by atoms with Gasteiger partial charge in [0.05, 0.1) is 22.7 Å². The van der Waals surface area contributed by atoms with Crippen LogP contribution in [0.25, 0.3) is 5.76 Å². The first-order valence-corrected chi connectivity index (χ1v) is 14.3. The van der Waals surface area contributed by atoms with Crippen LogP contribution in [0, 0.1) is 11.8 Å². The molecule has 236 valence electrons. The lowest BCUT2D eigenvalue weighted by Crippen LogP contribution is -2.63. The van der Waals surface area contributed by atoms with Gasteiger partial charge in [0.1, 0.15) is 22.9 Å². The van der Waals surface area contributed by atoms with E-state index >= 15 is 0 Å². The average molecular weight is 616 g/mol. The van der Waals surface area contributed by atoms with Crippen molar-refractivity contribution in [3.63, 3.8) is 0 Å². The second kappa shape index (κ2) is 11.2. The summed E-state index contributed by atoms with van der Waals surface area (Å²) in [6.07, 6.45) is -5.47. The number of likely N-dealkylation sites (N-methyl/N-ethyl adjacent to an activating group) is 1. The van der Waals surface area contributed by atoms with E-state index in [2.05, 4.69) is 5.32 Å². The van der Waals surface area contributed by atoms with Gasteiger partial charge in [0.25, 0.3) is 0 Å². The molecule has 9 nitrogen and oxygen atoms in total. The predicted octanol–water partition coefficient (Wildman–Crippen LogP) is 4.31. The van der Waals surface area contributed by atoms with Gasteiger partial charge in [-0.25, -0.2) is 0 Å². The summed E-state index contributed by atoms with van der Waals surface area (Å²) in [7, 11) is 4.52. The van der Waals surface area contributed by atoms with Gasteiger partial charge in [-0.05, 0) is 62.5 Å². The molecule has 6 N–H and O–H groups in total. The van der Waals surface area contributed by atoms with Crippen molar-refractivity contribution in [3.05, 3.63) is 81.1 Å². The fraction of sp³-hybridized carbons (Fsp3) is 0.438. The Bertz CT molecular complexity index is 1570. The molecule has 0 heterocycles. The van der Waals surface area contributed by atoms with Crippen LogP contribution in [-0.2, 0) is 33.5 Å². The summed E-state index contributed by atoms with van der Waals surface area (Å²) >= 11 is 0. The Morgan fingerprint density at radius 1 is 1.20 bits per heavy atom. The SMILES string of the molecule is CO[C@@]12CC(C(N)=O)=C(O)[C@@H](N(C)C)[C@@H]1C[C@@H]1Cc3c(c(O)cc(CNC(C)c4ccccc4)c3C(F)(F)F)C(O)=C1C2=O. The number of aromatic hydroxyl groups is 1. The highest BCUT2D eigenvalue weighted by Crippen LogP contribution is 2.55. The number of benzene rings is 2. The van der Waals surface area contributed by atoms with Crippen LogP contribution in [0.1, 0.15) is 53.6 Å². The summed E-state index contributed by atoms with van der Waals surface area (Å²) in [6, 6.07) is 8.95. The molecule has 5 atom stereocenters. The van der Waals surface area contributed by atoms with E-state index in [4.69, 9.17) is 10.5 Å². The van der Waals surface area contributed by atoms with Gasteiger partial charge in [-0.1, -0.05) is 30.3 Å². The number of nitrogens with one attached hydrogen (secondary N) is 1. The van der Waals surface area contributed by atoms with Crippen LogP contribution in [0.15, 0.2) is 53.3 Å². The van der Waals surface area contributed by atoms with Crippen LogP contribution in [0.4, 0.5) is 13.2 Å². The van der Waals surface area contributed by atoms with E-state index in [-0.39, 0.29) is 59.9 Å². The number of ether oxygens (including phenoxy) is 1. The molecule has 1 amide bonds. The highest BCUT2D eigenvalue weighted by molar-refractivity contribution is 6.10. The van der Waals surface area contributed by atoms with Crippen LogP contribution in [-0.4, -0.2) is 64.8 Å². The highest BCUT2D eigenvalue weighted by atomic mass is 19.4. The molecule has 0 saturated heterocycles. The number of hydrogen-bond acceptors (Lipinski definition) is 8. The maximum absolute atomic E-state index is 14.8. The monoisotopic (exact) mass is 615 g/mol. The number of carbonyl (C=O) groups is 2. The van der Waals surface area contributed by atoms with Gasteiger partial charge in [-0.2, -0.15) is 13.2 Å². The molecule has 0 aliphatic heterocycles. The zero-order chi connectivity index (χ0) is 32.3. The second-order valence-electron chi connectivity index (χ2n) is 12.0. The Kier molecular flexibility index (Phi) is 8.06. The van der Waals surface area contributed by atoms with E-state index in [1.165, 1.54) is 7.11 Å². The molecule has 3 aliphatic carbocycles. The van der Waals surface area contributed by atoms with Gasteiger partial charge in [0, 0.05) is 37.6 Å². The summed E-state index contributed by atoms with van der Waals surface area (Å²) in [6.45, 7) is 1.59. The lowest BCUT2D eigenvalue weighted by molar-refractivity contribution is -0.157. The van der Waals surface area contributed by atoms with Crippen LogP contribution in [0.2, 0.25) is 0 Å². The predicted molar refractivity (Wildman–Crippen MR) is 155 cm³/mol. The minimum atomic E-state index is -4.84. The topological polar surface area (TPSA) is 145 Å². The summed E-state index contributed by atoms with van der Waals surface area (Å²) in [5.41, 5.74) is 2.37. The first-order chi connectivity index (χ1) is 20.6. The number of primary amides is 1. The van der Waals surface area contributed by atoms with Crippen molar-refractivity contribution in [1.29, 1.82) is 0 Å². The second-order valence-corrected chi connectivity index (χ2v) is 12.0. The third-order valence-electron chi connectivity index (χ3n) is 9.42. The Hall–Kier alpha value is -3.87. The lowest BCUT2D eigenvalue weighted by atomic mass is 9.57. The van der Waals surface area contributed by atoms with Crippen molar-refractivity contribution >= 4 is 17.4 Å². The number of nitrogens with two attached hydrogens (primary N) is 1. The maximum Gasteiger partial charge on any atom is 0.417 e. The Morgan fingerprint density at radius 3 is 2.43 bits per heavy atom. The van der Waals surface area contributed by atoms with Gasteiger partial charge in [0.2, 0.25) is 5.91 Å². The molecular weight excluding hydrogens is 579 g/mol. The maximum atomic E-state index is 14.8. The molecule has 1 saturated carbocycles. The van der Waals surface area contributed by atoms with Gasteiger partial charge in [0.15, 0.2) is 5.78 Å². The average Bonchev–Trinajstić information content (AvgIpc) is 2.95. The number of halogens is 3. The quantitative estimate of drug-likeness (QED) is 0.310. The van der Waals surface area contributed by atoms with Crippen molar-refractivity contribution in [2.24, 2.45) is 17.6 Å². The number of nitrogens with zero attached hydrogens (tertiary/aromatic N) is 1. The summed E-state index contributed by atoms with van der Waals surface area (Å²) < 4.78 is 50.1.